The number of hydrogen-bond donors (Lipinski definition) is 3. The topological polar surface area (TPSA) is 88.2 Å². The van der Waals surface area contributed by atoms with Crippen molar-refractivity contribution in [2.24, 2.45) is 0 Å². The smallest absolute Gasteiger partial charge is 0.230 e. The third-order valence-electron chi connectivity index (χ3n) is 3.57. The van der Waals surface area contributed by atoms with Crippen LogP contribution in [0.15, 0.2) is 59.9 Å². The second-order valence-electron chi connectivity index (χ2n) is 5.67. The van der Waals surface area contributed by atoms with Crippen LogP contribution in [0.5, 0.6) is 0 Å². The summed E-state index contributed by atoms with van der Waals surface area (Å²) in [5.41, 5.74) is 4.31. The minimum Gasteiger partial charge on any atom is -0.388 e. The largest absolute Gasteiger partial charge is 0.388 e. The lowest BCUT2D eigenvalue weighted by molar-refractivity contribution is -0.115. The molecule has 3 aromatic rings. The van der Waals surface area contributed by atoms with Gasteiger partial charge in [0.2, 0.25) is 5.91 Å². The lowest BCUT2D eigenvalue weighted by Crippen LogP contribution is -2.14. The maximum Gasteiger partial charge on any atom is 0.230 e. The van der Waals surface area contributed by atoms with Gasteiger partial charge in [-0.2, -0.15) is 0 Å². The highest BCUT2D eigenvalue weighted by Gasteiger charge is 2.08. The Hall–Kier alpha value is -2.70. The fourth-order valence-corrected chi connectivity index (χ4v) is 2.68. The van der Waals surface area contributed by atoms with Crippen LogP contribution in [0, 0.1) is 0 Å². The number of anilines is 2. The monoisotopic (exact) mass is 405 g/mol. The van der Waals surface area contributed by atoms with Crippen LogP contribution in [0.25, 0.3) is 0 Å². The molecule has 1 atom stereocenters. The van der Waals surface area contributed by atoms with Crippen molar-refractivity contribution < 1.29 is 23.6 Å². The summed E-state index contributed by atoms with van der Waals surface area (Å²) >= 11 is 0.659. The third-order valence-corrected chi connectivity index (χ3v) is 4.16. The number of nitrogens with zero attached hydrogens (tertiary/aromatic N) is 1. The van der Waals surface area contributed by atoms with E-state index in [4.69, 9.17) is 19.4 Å². The predicted octanol–water partition coefficient (Wildman–Crippen LogP) is 4.35. The molecule has 0 aliphatic heterocycles. The molecular formula is C22H25N3O2S. The molecule has 0 aliphatic rings. The average molecular weight is 406 g/mol. The van der Waals surface area contributed by atoms with Gasteiger partial charge in [0.15, 0.2) is 5.13 Å². The number of nitrogens with one attached hydrogen (secondary N) is 1. The van der Waals surface area contributed by atoms with Gasteiger partial charge in [-0.3, -0.25) is 4.79 Å². The van der Waals surface area contributed by atoms with E-state index in [0.29, 0.717) is 11.3 Å². The first kappa shape index (κ1) is 10.7. The highest BCUT2D eigenvalue weighted by Crippen LogP contribution is 2.20. The Bertz CT molecular complexity index is 1320. The van der Waals surface area contributed by atoms with Crippen molar-refractivity contribution in [1.82, 2.24) is 4.98 Å². The van der Waals surface area contributed by atoms with Crippen LogP contribution < -0.4 is 11.1 Å². The van der Waals surface area contributed by atoms with Crippen molar-refractivity contribution in [3.05, 3.63) is 76.7 Å². The molecule has 0 aliphatic carbocycles. The van der Waals surface area contributed by atoms with Crippen molar-refractivity contribution in [2.45, 2.75) is 38.1 Å². The predicted molar refractivity (Wildman–Crippen MR) is 114 cm³/mol. The number of thiazole rings is 1. The molecule has 6 heteroatoms. The van der Waals surface area contributed by atoms with Gasteiger partial charge in [-0.05, 0) is 42.4 Å². The Kier molecular flexibility index (Phi) is 3.84. The summed E-state index contributed by atoms with van der Waals surface area (Å²) in [6, 6.07) is 5.36. The summed E-state index contributed by atoms with van der Waals surface area (Å²) in [5, 5.41) is 12.0. The van der Waals surface area contributed by atoms with Crippen LogP contribution in [-0.2, 0) is 17.6 Å². The summed E-state index contributed by atoms with van der Waals surface area (Å²) < 4.78 is 81.8. The Morgan fingerprint density at radius 1 is 1.32 bits per heavy atom. The van der Waals surface area contributed by atoms with Gasteiger partial charge in [-0.1, -0.05) is 48.8 Å². The molecule has 1 amide bonds. The van der Waals surface area contributed by atoms with E-state index in [0.717, 1.165) is 0 Å². The number of benzene rings is 2. The zero-order chi connectivity index (χ0) is 28.6. The molecule has 5 nitrogen and oxygen atoms in total. The third kappa shape index (κ3) is 6.18. The molecule has 1 heterocycles. The number of nitrogens with two attached hydrogens (primary N) is 1. The molecule has 0 saturated heterocycles. The Labute approximate surface area is 183 Å². The minimum atomic E-state index is -2.86. The molecule has 1 aromatic heterocycles. The molecule has 4 N–H and O–H groups in total. The number of hydrogen-bond acceptors (Lipinski definition) is 5. The van der Waals surface area contributed by atoms with Crippen LogP contribution in [0.3, 0.4) is 0 Å². The zero-order valence-corrected chi connectivity index (χ0v) is 15.6. The van der Waals surface area contributed by atoms with E-state index in [2.05, 4.69) is 4.98 Å². The van der Waals surface area contributed by atoms with Crippen molar-refractivity contribution in [3.63, 3.8) is 0 Å². The first-order valence-electron chi connectivity index (χ1n) is 13.4. The zero-order valence-electron chi connectivity index (χ0n) is 24.8. The summed E-state index contributed by atoms with van der Waals surface area (Å²) in [7, 11) is 0. The van der Waals surface area contributed by atoms with Gasteiger partial charge in [0, 0.05) is 16.5 Å². The van der Waals surface area contributed by atoms with E-state index in [9.17, 15) is 9.90 Å². The minimum absolute atomic E-state index is 0.128. The molecule has 3 rings (SSSR count). The number of nitrogen functional groups attached to an aromatic ring is 1. The SMILES string of the molecule is [2H]c1sc(N)nc1C([2H])([2H])C(=O)Nc1c([2H])c([2H])c(CC([2H])([2H])CC[C@]([2H])(O)c2ccccc2)c([2H])c1[2H]. The summed E-state index contributed by atoms with van der Waals surface area (Å²) in [6.07, 6.45) is -8.25. The van der Waals surface area contributed by atoms with Gasteiger partial charge in [0.25, 0.3) is 0 Å². The van der Waals surface area contributed by atoms with E-state index < -0.39 is 66.7 Å². The molecule has 28 heavy (non-hydrogen) atoms. The van der Waals surface area contributed by atoms with Gasteiger partial charge in [0.05, 0.1) is 26.4 Å². The normalized spacial score (nSPS) is 19.2. The molecule has 0 bridgehead atoms. The van der Waals surface area contributed by atoms with Crippen molar-refractivity contribution in [1.29, 1.82) is 0 Å². The summed E-state index contributed by atoms with van der Waals surface area (Å²) in [4.78, 5) is 16.4. The molecule has 0 unspecified atom stereocenters. The first-order valence-corrected chi connectivity index (χ1v) is 9.21. The van der Waals surface area contributed by atoms with E-state index in [1.54, 1.807) is 18.2 Å². The van der Waals surface area contributed by atoms with Crippen LogP contribution >= 0.6 is 11.3 Å². The quantitative estimate of drug-likeness (QED) is 0.494. The Morgan fingerprint density at radius 3 is 2.75 bits per heavy atom. The first-order chi connectivity index (χ1) is 17.5. The van der Waals surface area contributed by atoms with Crippen LogP contribution in [0.2, 0.25) is 0 Å². The van der Waals surface area contributed by atoms with Crippen molar-refractivity contribution in [3.8, 4) is 0 Å². The fourth-order valence-electron chi connectivity index (χ4n) is 2.25. The average Bonchev–Trinajstić information content (AvgIpc) is 3.21. The number of aromatic nitrogens is 1. The van der Waals surface area contributed by atoms with Crippen LogP contribution in [-0.4, -0.2) is 16.0 Å². The molecule has 146 valence electrons. The van der Waals surface area contributed by atoms with E-state index >= 15 is 0 Å². The maximum atomic E-state index is 12.7. The second kappa shape index (κ2) is 10.0. The molecule has 0 fully saturated rings. The standard InChI is InChI=1S/C22H25N3O2S/c23-22-25-19(15-28-22)14-21(27)24-18-12-10-16(11-13-18)6-4-5-9-20(26)17-7-2-1-3-8-17/h1-3,7-8,10-13,15,20,26H,4-6,9,14H2,(H2,23,25)(H,24,27)/t20-/m0/s1/i4D2,10D,11D,12D,13D,14D2,15D,20D. The number of carbonyl (C=O) groups excluding carboxylic acids is 1. The van der Waals surface area contributed by atoms with E-state index in [1.165, 1.54) is 12.1 Å². The maximum absolute atomic E-state index is 12.7. The molecular weight excluding hydrogens is 370 g/mol. The number of rotatable bonds is 9. The van der Waals surface area contributed by atoms with E-state index in [1.807, 2.05) is 5.32 Å². The summed E-state index contributed by atoms with van der Waals surface area (Å²) in [5.74, 6) is -1.38. The van der Waals surface area contributed by atoms with Crippen molar-refractivity contribution in [2.75, 3.05) is 11.1 Å². The van der Waals surface area contributed by atoms with E-state index in [-0.39, 0.29) is 34.5 Å². The number of aliphatic hydroxyl groups is 1. The van der Waals surface area contributed by atoms with Gasteiger partial charge >= 0.3 is 0 Å². The number of amides is 1. The fraction of sp³-hybridized carbons (Fsp3) is 0.273. The molecule has 0 saturated carbocycles. The Balaban J connectivity index is 1.84. The van der Waals surface area contributed by atoms with Gasteiger partial charge < -0.3 is 16.2 Å². The van der Waals surface area contributed by atoms with Gasteiger partial charge in [-0.25, -0.2) is 4.98 Å². The lowest BCUT2D eigenvalue weighted by atomic mass is 10.0. The highest BCUT2D eigenvalue weighted by molar-refractivity contribution is 7.13. The summed E-state index contributed by atoms with van der Waals surface area (Å²) in [6.45, 7) is 0. The van der Waals surface area contributed by atoms with Crippen LogP contribution in [0.1, 0.15) is 55.8 Å². The molecule has 2 aromatic carbocycles. The molecule has 0 spiro atoms. The van der Waals surface area contributed by atoms with Gasteiger partial charge in [-0.15, -0.1) is 11.3 Å². The Morgan fingerprint density at radius 2 is 2.07 bits per heavy atom. The number of carbonyl (C=O) groups is 1. The van der Waals surface area contributed by atoms with Crippen molar-refractivity contribution >= 4 is 28.1 Å². The second-order valence-corrected chi connectivity index (χ2v) is 6.50. The highest BCUT2D eigenvalue weighted by atomic mass is 32.1. The van der Waals surface area contributed by atoms with Crippen LogP contribution in [0.4, 0.5) is 10.8 Å². The van der Waals surface area contributed by atoms with Gasteiger partial charge in [0.1, 0.15) is 0 Å². The lowest BCUT2D eigenvalue weighted by Gasteiger charge is -2.10. The molecule has 0 radical (unpaired) electrons.